The second kappa shape index (κ2) is 5.11. The van der Waals surface area contributed by atoms with Crippen molar-refractivity contribution >= 4 is 11.4 Å². The maximum atomic E-state index is 12.2. The fourth-order valence-electron chi connectivity index (χ4n) is 1.64. The molecule has 0 heterocycles. The number of nitriles is 1. The van der Waals surface area contributed by atoms with E-state index in [1.54, 1.807) is 24.3 Å². The van der Waals surface area contributed by atoms with E-state index in [9.17, 15) is 4.79 Å². The molecule has 2 aromatic carbocycles. The van der Waals surface area contributed by atoms with Gasteiger partial charge < -0.3 is 0 Å². The largest absolute Gasteiger partial charge is 0.289 e. The van der Waals surface area contributed by atoms with E-state index in [0.29, 0.717) is 16.7 Å². The van der Waals surface area contributed by atoms with Crippen molar-refractivity contribution in [1.82, 2.24) is 0 Å². The maximum Gasteiger partial charge on any atom is 0.193 e. The SMILES string of the molecule is C=C(C(=O)c1ccc(C#N)cc1)c1ccccc1. The lowest BCUT2D eigenvalue weighted by atomic mass is 9.98. The van der Waals surface area contributed by atoms with Crippen LogP contribution in [0.15, 0.2) is 61.2 Å². The first-order chi connectivity index (χ1) is 8.72. The van der Waals surface area contributed by atoms with E-state index in [0.717, 1.165) is 5.56 Å². The summed E-state index contributed by atoms with van der Waals surface area (Å²) in [6, 6.07) is 17.9. The van der Waals surface area contributed by atoms with Crippen LogP contribution in [0.25, 0.3) is 5.57 Å². The molecule has 0 amide bonds. The molecule has 18 heavy (non-hydrogen) atoms. The second-order valence-electron chi connectivity index (χ2n) is 3.86. The van der Waals surface area contributed by atoms with Crippen molar-refractivity contribution in [2.24, 2.45) is 0 Å². The molecule has 0 spiro atoms. The van der Waals surface area contributed by atoms with E-state index < -0.39 is 0 Å². The van der Waals surface area contributed by atoms with Crippen molar-refractivity contribution in [1.29, 1.82) is 5.26 Å². The summed E-state index contributed by atoms with van der Waals surface area (Å²) in [6.45, 7) is 3.83. The van der Waals surface area contributed by atoms with Gasteiger partial charge >= 0.3 is 0 Å². The van der Waals surface area contributed by atoms with Crippen molar-refractivity contribution in [3.63, 3.8) is 0 Å². The third-order valence-corrected chi connectivity index (χ3v) is 2.67. The Morgan fingerprint density at radius 2 is 1.56 bits per heavy atom. The number of rotatable bonds is 3. The molecule has 2 aromatic rings. The fourth-order valence-corrected chi connectivity index (χ4v) is 1.64. The molecule has 0 aromatic heterocycles. The molecule has 0 bridgehead atoms. The monoisotopic (exact) mass is 233 g/mol. The van der Waals surface area contributed by atoms with Crippen LogP contribution in [-0.2, 0) is 0 Å². The molecule has 2 rings (SSSR count). The highest BCUT2D eigenvalue weighted by atomic mass is 16.1. The van der Waals surface area contributed by atoms with Gasteiger partial charge in [0.1, 0.15) is 0 Å². The molecule has 0 saturated heterocycles. The van der Waals surface area contributed by atoms with Crippen molar-refractivity contribution in [2.75, 3.05) is 0 Å². The predicted molar refractivity (Wildman–Crippen MR) is 71.0 cm³/mol. The zero-order valence-electron chi connectivity index (χ0n) is 9.76. The van der Waals surface area contributed by atoms with Crippen LogP contribution in [-0.4, -0.2) is 5.78 Å². The van der Waals surface area contributed by atoms with Gasteiger partial charge in [-0.2, -0.15) is 5.26 Å². The summed E-state index contributed by atoms with van der Waals surface area (Å²) in [4.78, 5) is 12.2. The van der Waals surface area contributed by atoms with Crippen molar-refractivity contribution < 1.29 is 4.79 Å². The highest BCUT2D eigenvalue weighted by Gasteiger charge is 2.11. The Balaban J connectivity index is 2.27. The molecule has 0 saturated carbocycles. The average Bonchev–Trinajstić information content (AvgIpc) is 2.47. The van der Waals surface area contributed by atoms with Gasteiger partial charge in [0.25, 0.3) is 0 Å². The Morgan fingerprint density at radius 1 is 0.944 bits per heavy atom. The molecule has 0 unspecified atom stereocenters. The topological polar surface area (TPSA) is 40.9 Å². The summed E-state index contributed by atoms with van der Waals surface area (Å²) in [5, 5.41) is 8.70. The van der Waals surface area contributed by atoms with E-state index in [4.69, 9.17) is 5.26 Å². The summed E-state index contributed by atoms with van der Waals surface area (Å²) < 4.78 is 0. The van der Waals surface area contributed by atoms with E-state index >= 15 is 0 Å². The first-order valence-electron chi connectivity index (χ1n) is 5.51. The molecular weight excluding hydrogens is 222 g/mol. The lowest BCUT2D eigenvalue weighted by Gasteiger charge is -2.05. The summed E-state index contributed by atoms with van der Waals surface area (Å²) >= 11 is 0. The van der Waals surface area contributed by atoms with E-state index in [1.165, 1.54) is 0 Å². The molecule has 0 aliphatic carbocycles. The predicted octanol–water partition coefficient (Wildman–Crippen LogP) is 3.45. The second-order valence-corrected chi connectivity index (χ2v) is 3.86. The first-order valence-corrected chi connectivity index (χ1v) is 5.51. The first kappa shape index (κ1) is 11.8. The van der Waals surface area contributed by atoms with Crippen LogP contribution < -0.4 is 0 Å². The molecule has 0 radical (unpaired) electrons. The molecular formula is C16H11NO. The normalized spacial score (nSPS) is 9.50. The van der Waals surface area contributed by atoms with Gasteiger partial charge in [0.2, 0.25) is 0 Å². The molecule has 2 heteroatoms. The highest BCUT2D eigenvalue weighted by molar-refractivity contribution is 6.28. The lowest BCUT2D eigenvalue weighted by Crippen LogP contribution is -2.01. The Bertz CT molecular complexity index is 618. The van der Waals surface area contributed by atoms with Crippen LogP contribution >= 0.6 is 0 Å². The van der Waals surface area contributed by atoms with Crippen LogP contribution in [0, 0.1) is 11.3 Å². The van der Waals surface area contributed by atoms with Gasteiger partial charge in [0.05, 0.1) is 11.6 Å². The molecule has 0 N–H and O–H groups in total. The number of ketones is 1. The van der Waals surface area contributed by atoms with Crippen molar-refractivity contribution in [3.8, 4) is 6.07 Å². The Kier molecular flexibility index (Phi) is 3.36. The van der Waals surface area contributed by atoms with Gasteiger partial charge in [0.15, 0.2) is 5.78 Å². The summed E-state index contributed by atoms with van der Waals surface area (Å²) in [5.74, 6) is -0.120. The van der Waals surface area contributed by atoms with Crippen molar-refractivity contribution in [2.45, 2.75) is 0 Å². The number of Topliss-reactive ketones (excluding diaryl/α,β-unsaturated/α-hetero) is 1. The van der Waals surface area contributed by atoms with Crippen molar-refractivity contribution in [3.05, 3.63) is 77.9 Å². The number of carbonyl (C=O) groups is 1. The summed E-state index contributed by atoms with van der Waals surface area (Å²) in [6.07, 6.45) is 0. The average molecular weight is 233 g/mol. The van der Waals surface area contributed by atoms with E-state index in [-0.39, 0.29) is 5.78 Å². The Hall–Kier alpha value is -2.66. The number of allylic oxidation sites excluding steroid dienone is 1. The van der Waals surface area contributed by atoms with E-state index in [2.05, 4.69) is 6.58 Å². The smallest absolute Gasteiger partial charge is 0.193 e. The van der Waals surface area contributed by atoms with Gasteiger partial charge in [0, 0.05) is 11.1 Å². The summed E-state index contributed by atoms with van der Waals surface area (Å²) in [5.41, 5.74) is 2.35. The van der Waals surface area contributed by atoms with Crippen LogP contribution in [0.3, 0.4) is 0 Å². The van der Waals surface area contributed by atoms with Gasteiger partial charge in [-0.15, -0.1) is 0 Å². The third-order valence-electron chi connectivity index (χ3n) is 2.67. The minimum atomic E-state index is -0.120. The molecule has 86 valence electrons. The van der Waals surface area contributed by atoms with Crippen LogP contribution in [0.5, 0.6) is 0 Å². The van der Waals surface area contributed by atoms with E-state index in [1.807, 2.05) is 36.4 Å². The number of hydrogen-bond donors (Lipinski definition) is 0. The number of benzene rings is 2. The fraction of sp³-hybridized carbons (Fsp3) is 0. The molecule has 0 fully saturated rings. The van der Waals surface area contributed by atoms with Crippen LogP contribution in [0.1, 0.15) is 21.5 Å². The zero-order valence-corrected chi connectivity index (χ0v) is 9.76. The lowest BCUT2D eigenvalue weighted by molar-refractivity contribution is 0.105. The quantitative estimate of drug-likeness (QED) is 0.601. The minimum absolute atomic E-state index is 0.120. The molecule has 0 aliphatic heterocycles. The van der Waals surface area contributed by atoms with Crippen LogP contribution in [0.4, 0.5) is 0 Å². The molecule has 2 nitrogen and oxygen atoms in total. The standard InChI is InChI=1S/C16H11NO/c1-12(14-5-3-2-4-6-14)16(18)15-9-7-13(11-17)8-10-15/h2-10H,1H2. The van der Waals surface area contributed by atoms with Gasteiger partial charge in [-0.25, -0.2) is 0 Å². The summed E-state index contributed by atoms with van der Waals surface area (Å²) in [7, 11) is 0. The Labute approximate surface area is 106 Å². The van der Waals surface area contributed by atoms with Gasteiger partial charge in [-0.05, 0) is 29.8 Å². The maximum absolute atomic E-state index is 12.2. The van der Waals surface area contributed by atoms with Gasteiger partial charge in [-0.3, -0.25) is 4.79 Å². The Morgan fingerprint density at radius 3 is 2.11 bits per heavy atom. The molecule has 0 atom stereocenters. The number of hydrogen-bond acceptors (Lipinski definition) is 2. The number of nitrogens with zero attached hydrogens (tertiary/aromatic N) is 1. The third kappa shape index (κ3) is 2.36. The van der Waals surface area contributed by atoms with Crippen LogP contribution in [0.2, 0.25) is 0 Å². The number of carbonyl (C=O) groups excluding carboxylic acids is 1. The zero-order chi connectivity index (χ0) is 13.0. The van der Waals surface area contributed by atoms with Gasteiger partial charge in [-0.1, -0.05) is 36.9 Å². The minimum Gasteiger partial charge on any atom is -0.289 e. The highest BCUT2D eigenvalue weighted by Crippen LogP contribution is 2.18. The molecule has 0 aliphatic rings.